The highest BCUT2D eigenvalue weighted by molar-refractivity contribution is 6.18. The number of hydrogen-bond donors (Lipinski definition) is 0. The van der Waals surface area contributed by atoms with Gasteiger partial charge in [0.05, 0.1) is 5.56 Å². The van der Waals surface area contributed by atoms with Gasteiger partial charge in [-0.05, 0) is 30.5 Å². The molecule has 0 aliphatic carbocycles. The van der Waals surface area contributed by atoms with Crippen LogP contribution in [0.15, 0.2) is 18.2 Å². The number of rotatable bonds is 2. The molecular formula is C12H12ClF4N. The van der Waals surface area contributed by atoms with Crippen LogP contribution >= 0.6 is 11.6 Å². The summed E-state index contributed by atoms with van der Waals surface area (Å²) in [4.78, 5) is 1.74. The Kier molecular flexibility index (Phi) is 3.71. The van der Waals surface area contributed by atoms with Crippen LogP contribution in [0.25, 0.3) is 0 Å². The monoisotopic (exact) mass is 281 g/mol. The number of hydrogen-bond acceptors (Lipinski definition) is 1. The van der Waals surface area contributed by atoms with Gasteiger partial charge in [0, 0.05) is 24.7 Å². The molecule has 0 amide bonds. The van der Waals surface area contributed by atoms with Gasteiger partial charge in [-0.25, -0.2) is 4.39 Å². The van der Waals surface area contributed by atoms with Crippen LogP contribution in [-0.4, -0.2) is 19.0 Å². The highest BCUT2D eigenvalue weighted by Crippen LogP contribution is 2.34. The summed E-state index contributed by atoms with van der Waals surface area (Å²) in [5, 5.41) is 0. The van der Waals surface area contributed by atoms with Crippen molar-refractivity contribution in [3.63, 3.8) is 0 Å². The fourth-order valence-corrected chi connectivity index (χ4v) is 2.37. The quantitative estimate of drug-likeness (QED) is 0.587. The second-order valence-corrected chi connectivity index (χ2v) is 4.76. The Labute approximate surface area is 107 Å². The Morgan fingerprint density at radius 2 is 2.00 bits per heavy atom. The zero-order valence-electron chi connectivity index (χ0n) is 9.47. The third kappa shape index (κ3) is 2.88. The van der Waals surface area contributed by atoms with Crippen LogP contribution < -0.4 is 4.90 Å². The highest BCUT2D eigenvalue weighted by Gasteiger charge is 2.32. The smallest absolute Gasteiger partial charge is 0.371 e. The van der Waals surface area contributed by atoms with Crippen molar-refractivity contribution in [1.82, 2.24) is 0 Å². The lowest BCUT2D eigenvalue weighted by atomic mass is 10.1. The van der Waals surface area contributed by atoms with Gasteiger partial charge in [0.25, 0.3) is 0 Å². The average Bonchev–Trinajstić information content (AvgIpc) is 2.75. The van der Waals surface area contributed by atoms with Crippen LogP contribution in [-0.2, 0) is 6.18 Å². The summed E-state index contributed by atoms with van der Waals surface area (Å²) in [5.74, 6) is -0.142. The molecule has 1 nitrogen and oxygen atoms in total. The van der Waals surface area contributed by atoms with Crippen LogP contribution in [0.2, 0.25) is 0 Å². The number of alkyl halides is 4. The first-order chi connectivity index (χ1) is 8.40. The molecule has 0 saturated carbocycles. The summed E-state index contributed by atoms with van der Waals surface area (Å²) < 4.78 is 51.0. The van der Waals surface area contributed by atoms with Crippen molar-refractivity contribution < 1.29 is 17.6 Å². The van der Waals surface area contributed by atoms with E-state index in [-0.39, 0.29) is 11.6 Å². The first kappa shape index (κ1) is 13.5. The van der Waals surface area contributed by atoms with Crippen molar-refractivity contribution in [2.45, 2.75) is 12.6 Å². The normalized spacial score (nSPS) is 20.5. The number of anilines is 1. The van der Waals surface area contributed by atoms with E-state index in [0.717, 1.165) is 18.6 Å². The second kappa shape index (κ2) is 4.96. The molecule has 1 fully saturated rings. The van der Waals surface area contributed by atoms with Crippen LogP contribution in [0.5, 0.6) is 0 Å². The van der Waals surface area contributed by atoms with Gasteiger partial charge in [-0.3, -0.25) is 0 Å². The zero-order valence-corrected chi connectivity index (χ0v) is 10.2. The van der Waals surface area contributed by atoms with Gasteiger partial charge in [0.1, 0.15) is 5.82 Å². The largest absolute Gasteiger partial charge is 0.416 e. The lowest BCUT2D eigenvalue weighted by Gasteiger charge is -2.20. The number of benzene rings is 1. The molecule has 0 bridgehead atoms. The van der Waals surface area contributed by atoms with Crippen LogP contribution in [0.1, 0.15) is 12.0 Å². The van der Waals surface area contributed by atoms with Crippen LogP contribution in [0.3, 0.4) is 0 Å². The SMILES string of the molecule is Fc1cc(N2CCC(CCl)C2)cc(C(F)(F)F)c1. The molecule has 0 N–H and O–H groups in total. The highest BCUT2D eigenvalue weighted by atomic mass is 35.5. The molecule has 1 aliphatic rings. The molecular weight excluding hydrogens is 270 g/mol. The van der Waals surface area contributed by atoms with Crippen molar-refractivity contribution >= 4 is 17.3 Å². The molecule has 1 saturated heterocycles. The minimum atomic E-state index is -4.53. The van der Waals surface area contributed by atoms with Crippen molar-refractivity contribution in [3.8, 4) is 0 Å². The van der Waals surface area contributed by atoms with Crippen molar-refractivity contribution in [3.05, 3.63) is 29.6 Å². The molecule has 0 aromatic heterocycles. The standard InChI is InChI=1S/C12H12ClF4N/c13-6-8-1-2-18(7-8)11-4-9(12(15,16)17)3-10(14)5-11/h3-5,8H,1-2,6-7H2. The Morgan fingerprint density at radius 1 is 1.28 bits per heavy atom. The zero-order chi connectivity index (χ0) is 13.3. The topological polar surface area (TPSA) is 3.24 Å². The average molecular weight is 282 g/mol. The van der Waals surface area contributed by atoms with Gasteiger partial charge in [-0.1, -0.05) is 0 Å². The molecule has 1 aromatic rings. The maximum absolute atomic E-state index is 13.2. The molecule has 18 heavy (non-hydrogen) atoms. The van der Waals surface area contributed by atoms with E-state index in [1.165, 1.54) is 0 Å². The fourth-order valence-electron chi connectivity index (χ4n) is 2.11. The van der Waals surface area contributed by atoms with Gasteiger partial charge in [-0.15, -0.1) is 11.6 Å². The molecule has 0 radical (unpaired) electrons. The lowest BCUT2D eigenvalue weighted by Crippen LogP contribution is -2.21. The third-order valence-electron chi connectivity index (χ3n) is 3.08. The van der Waals surface area contributed by atoms with Crippen LogP contribution in [0, 0.1) is 11.7 Å². The first-order valence-electron chi connectivity index (χ1n) is 5.59. The molecule has 1 heterocycles. The lowest BCUT2D eigenvalue weighted by molar-refractivity contribution is -0.137. The van der Waals surface area contributed by atoms with E-state index in [2.05, 4.69) is 0 Å². The van der Waals surface area contributed by atoms with E-state index >= 15 is 0 Å². The predicted octanol–water partition coefficient (Wildman–Crippen LogP) is 3.91. The van der Waals surface area contributed by atoms with E-state index < -0.39 is 17.6 Å². The fraction of sp³-hybridized carbons (Fsp3) is 0.500. The molecule has 100 valence electrons. The van der Waals surface area contributed by atoms with E-state index in [1.807, 2.05) is 0 Å². The summed E-state index contributed by atoms with van der Waals surface area (Å²) in [5.41, 5.74) is -0.679. The van der Waals surface area contributed by atoms with Gasteiger partial charge in [0.2, 0.25) is 0 Å². The van der Waals surface area contributed by atoms with Gasteiger partial charge in [0.15, 0.2) is 0 Å². The Hall–Kier alpha value is -0.970. The maximum atomic E-state index is 13.2. The van der Waals surface area contributed by atoms with Crippen molar-refractivity contribution in [2.75, 3.05) is 23.9 Å². The Bertz CT molecular complexity index is 433. The summed E-state index contributed by atoms with van der Waals surface area (Å²) >= 11 is 5.71. The number of nitrogens with zero attached hydrogens (tertiary/aromatic N) is 1. The van der Waals surface area contributed by atoms with Crippen LogP contribution in [0.4, 0.5) is 23.2 Å². The first-order valence-corrected chi connectivity index (χ1v) is 6.12. The molecule has 1 aromatic carbocycles. The summed E-state index contributed by atoms with van der Waals surface area (Å²) in [6, 6.07) is 2.63. The molecule has 1 unspecified atom stereocenters. The minimum absolute atomic E-state index is 0.254. The maximum Gasteiger partial charge on any atom is 0.416 e. The third-order valence-corrected chi connectivity index (χ3v) is 3.52. The summed E-state index contributed by atoms with van der Waals surface area (Å²) in [6.07, 6.45) is -3.70. The predicted molar refractivity (Wildman–Crippen MR) is 62.4 cm³/mol. The molecule has 0 spiro atoms. The van der Waals surface area contributed by atoms with Crippen molar-refractivity contribution in [2.24, 2.45) is 5.92 Å². The summed E-state index contributed by atoms with van der Waals surface area (Å²) in [7, 11) is 0. The summed E-state index contributed by atoms with van der Waals surface area (Å²) in [6.45, 7) is 1.18. The van der Waals surface area contributed by atoms with Gasteiger partial charge >= 0.3 is 6.18 Å². The molecule has 2 rings (SSSR count). The van der Waals surface area contributed by atoms with Gasteiger partial charge < -0.3 is 4.90 Å². The van der Waals surface area contributed by atoms with Gasteiger partial charge in [-0.2, -0.15) is 13.2 Å². The minimum Gasteiger partial charge on any atom is -0.371 e. The molecule has 1 atom stereocenters. The Balaban J connectivity index is 2.26. The van der Waals surface area contributed by atoms with E-state index in [4.69, 9.17) is 11.6 Å². The second-order valence-electron chi connectivity index (χ2n) is 4.45. The van der Waals surface area contributed by atoms with E-state index in [9.17, 15) is 17.6 Å². The van der Waals surface area contributed by atoms with Crippen molar-refractivity contribution in [1.29, 1.82) is 0 Å². The Morgan fingerprint density at radius 3 is 2.56 bits per heavy atom. The van der Waals surface area contributed by atoms with E-state index in [1.54, 1.807) is 4.90 Å². The molecule has 1 aliphatic heterocycles. The van der Waals surface area contributed by atoms with E-state index in [0.29, 0.717) is 25.0 Å². The molecule has 6 heteroatoms. The number of halogens is 5.